The van der Waals surface area contributed by atoms with Crippen molar-refractivity contribution in [1.29, 1.82) is 0 Å². The third-order valence-electron chi connectivity index (χ3n) is 6.15. The first-order valence-corrected chi connectivity index (χ1v) is 9.58. The third-order valence-corrected chi connectivity index (χ3v) is 6.15. The molecular formula is C20H28ClN3O3. The third kappa shape index (κ3) is 4.13. The van der Waals surface area contributed by atoms with Gasteiger partial charge in [0.2, 0.25) is 5.91 Å². The maximum atomic E-state index is 12.7. The summed E-state index contributed by atoms with van der Waals surface area (Å²) < 4.78 is 5.31. The minimum absolute atomic E-state index is 0. The van der Waals surface area contributed by atoms with Gasteiger partial charge in [-0.2, -0.15) is 0 Å². The number of piperidine rings is 1. The van der Waals surface area contributed by atoms with E-state index >= 15 is 0 Å². The van der Waals surface area contributed by atoms with E-state index in [0.29, 0.717) is 31.9 Å². The van der Waals surface area contributed by atoms with Crippen molar-refractivity contribution in [3.63, 3.8) is 0 Å². The number of hydrogen-bond acceptors (Lipinski definition) is 4. The van der Waals surface area contributed by atoms with Crippen molar-refractivity contribution >= 4 is 29.9 Å². The second-order valence-electron chi connectivity index (χ2n) is 7.79. The SMILES string of the molecule is Cc1ccc(C(=O)N2CCOCC2)cc1NC(=O)C1CC12CCNCC2.Cl. The Bertz CT molecular complexity index is 712. The van der Waals surface area contributed by atoms with Crippen LogP contribution in [0.3, 0.4) is 0 Å². The first-order valence-electron chi connectivity index (χ1n) is 9.58. The molecule has 1 aromatic carbocycles. The van der Waals surface area contributed by atoms with E-state index in [-0.39, 0.29) is 35.6 Å². The summed E-state index contributed by atoms with van der Waals surface area (Å²) in [6, 6.07) is 5.58. The van der Waals surface area contributed by atoms with Crippen molar-refractivity contribution in [3.05, 3.63) is 29.3 Å². The van der Waals surface area contributed by atoms with Crippen LogP contribution in [0, 0.1) is 18.3 Å². The molecule has 1 unspecified atom stereocenters. The predicted octanol–water partition coefficient (Wildman–Crippen LogP) is 2.22. The number of benzene rings is 1. The number of aryl methyl sites for hydroxylation is 1. The predicted molar refractivity (Wildman–Crippen MR) is 106 cm³/mol. The summed E-state index contributed by atoms with van der Waals surface area (Å²) in [5.74, 6) is 0.221. The molecule has 6 nitrogen and oxygen atoms in total. The number of carbonyl (C=O) groups is 2. The van der Waals surface area contributed by atoms with E-state index in [9.17, 15) is 9.59 Å². The summed E-state index contributed by atoms with van der Waals surface area (Å²) in [5, 5.41) is 6.45. The lowest BCUT2D eigenvalue weighted by Gasteiger charge is -2.27. The maximum Gasteiger partial charge on any atom is 0.254 e. The summed E-state index contributed by atoms with van der Waals surface area (Å²) in [6.07, 6.45) is 3.16. The van der Waals surface area contributed by atoms with E-state index in [2.05, 4.69) is 10.6 Å². The topological polar surface area (TPSA) is 70.7 Å². The molecule has 3 aliphatic rings. The molecule has 148 valence electrons. The smallest absolute Gasteiger partial charge is 0.254 e. The van der Waals surface area contributed by atoms with E-state index < -0.39 is 0 Å². The zero-order valence-corrected chi connectivity index (χ0v) is 16.6. The number of nitrogens with one attached hydrogen (secondary N) is 2. The molecule has 0 bridgehead atoms. The van der Waals surface area contributed by atoms with Crippen molar-refractivity contribution in [1.82, 2.24) is 10.2 Å². The Morgan fingerprint density at radius 2 is 1.93 bits per heavy atom. The molecule has 27 heavy (non-hydrogen) atoms. The molecular weight excluding hydrogens is 366 g/mol. The highest BCUT2D eigenvalue weighted by Crippen LogP contribution is 2.58. The van der Waals surface area contributed by atoms with E-state index in [1.165, 1.54) is 0 Å². The first kappa shape index (κ1) is 20.1. The molecule has 2 amide bonds. The largest absolute Gasteiger partial charge is 0.378 e. The van der Waals surface area contributed by atoms with Crippen molar-refractivity contribution in [2.75, 3.05) is 44.7 Å². The fourth-order valence-electron chi connectivity index (χ4n) is 4.25. The lowest BCUT2D eigenvalue weighted by atomic mass is 9.91. The molecule has 4 rings (SSSR count). The van der Waals surface area contributed by atoms with E-state index in [0.717, 1.165) is 43.6 Å². The van der Waals surface area contributed by atoms with Gasteiger partial charge in [-0.3, -0.25) is 9.59 Å². The minimum atomic E-state index is 0. The van der Waals surface area contributed by atoms with E-state index in [4.69, 9.17) is 4.74 Å². The monoisotopic (exact) mass is 393 g/mol. The molecule has 2 heterocycles. The molecule has 1 aromatic rings. The van der Waals surface area contributed by atoms with Gasteiger partial charge in [0.1, 0.15) is 0 Å². The van der Waals surface area contributed by atoms with Gasteiger partial charge in [0.15, 0.2) is 0 Å². The minimum Gasteiger partial charge on any atom is -0.378 e. The van der Waals surface area contributed by atoms with Crippen LogP contribution in [0.25, 0.3) is 0 Å². The van der Waals surface area contributed by atoms with Gasteiger partial charge in [-0.25, -0.2) is 0 Å². The van der Waals surface area contributed by atoms with Gasteiger partial charge < -0.3 is 20.3 Å². The number of carbonyl (C=O) groups excluding carboxylic acids is 2. The number of rotatable bonds is 3. The Morgan fingerprint density at radius 1 is 1.22 bits per heavy atom. The highest BCUT2D eigenvalue weighted by Gasteiger charge is 2.57. The average molecular weight is 394 g/mol. The Morgan fingerprint density at radius 3 is 2.63 bits per heavy atom. The van der Waals surface area contributed by atoms with E-state index in [1.54, 1.807) is 0 Å². The highest BCUT2D eigenvalue weighted by molar-refractivity contribution is 5.99. The summed E-state index contributed by atoms with van der Waals surface area (Å²) in [7, 11) is 0. The number of nitrogens with zero attached hydrogens (tertiary/aromatic N) is 1. The van der Waals surface area contributed by atoms with Crippen LogP contribution in [0.15, 0.2) is 18.2 Å². The lowest BCUT2D eigenvalue weighted by molar-refractivity contribution is -0.118. The summed E-state index contributed by atoms with van der Waals surface area (Å²) in [5.41, 5.74) is 2.58. The fraction of sp³-hybridized carbons (Fsp3) is 0.600. The first-order chi connectivity index (χ1) is 12.6. The normalized spacial score (nSPS) is 23.4. The second-order valence-corrected chi connectivity index (χ2v) is 7.79. The second kappa shape index (κ2) is 8.17. The fourth-order valence-corrected chi connectivity index (χ4v) is 4.25. The summed E-state index contributed by atoms with van der Waals surface area (Å²) >= 11 is 0. The van der Waals surface area contributed by atoms with Crippen LogP contribution < -0.4 is 10.6 Å². The number of halogens is 1. The molecule has 1 spiro atoms. The summed E-state index contributed by atoms with van der Waals surface area (Å²) in [6.45, 7) is 6.38. The standard InChI is InChI=1S/C20H27N3O3.ClH/c1-14-2-3-15(19(25)23-8-10-26-11-9-23)12-17(14)22-18(24)16-13-20(16)4-6-21-7-5-20;/h2-3,12,16,21H,4-11,13H2,1H3,(H,22,24);1H. The molecule has 7 heteroatoms. The highest BCUT2D eigenvalue weighted by atomic mass is 35.5. The quantitative estimate of drug-likeness (QED) is 0.826. The van der Waals surface area contributed by atoms with Gasteiger partial charge in [-0.05, 0) is 62.4 Å². The number of hydrogen-bond donors (Lipinski definition) is 2. The van der Waals surface area contributed by atoms with Crippen molar-refractivity contribution in [3.8, 4) is 0 Å². The van der Waals surface area contributed by atoms with Crippen LogP contribution in [0.1, 0.15) is 35.2 Å². The van der Waals surface area contributed by atoms with Crippen molar-refractivity contribution in [2.24, 2.45) is 11.3 Å². The molecule has 0 aromatic heterocycles. The van der Waals surface area contributed by atoms with Crippen LogP contribution >= 0.6 is 12.4 Å². The molecule has 3 fully saturated rings. The van der Waals surface area contributed by atoms with Gasteiger partial charge in [0, 0.05) is 30.3 Å². The van der Waals surface area contributed by atoms with E-state index in [1.807, 2.05) is 30.0 Å². The molecule has 2 aliphatic heterocycles. The molecule has 1 saturated carbocycles. The average Bonchev–Trinajstić information content (AvgIpc) is 3.37. The van der Waals surface area contributed by atoms with Gasteiger partial charge in [-0.15, -0.1) is 12.4 Å². The number of ether oxygens (including phenoxy) is 1. The lowest BCUT2D eigenvalue weighted by Crippen LogP contribution is -2.40. The van der Waals surface area contributed by atoms with Crippen molar-refractivity contribution in [2.45, 2.75) is 26.2 Å². The zero-order chi connectivity index (χ0) is 18.1. The van der Waals surface area contributed by atoms with Crippen LogP contribution in [-0.2, 0) is 9.53 Å². The number of anilines is 1. The Balaban J connectivity index is 0.00000210. The molecule has 0 radical (unpaired) electrons. The van der Waals surface area contributed by atoms with Crippen LogP contribution in [0.4, 0.5) is 5.69 Å². The Hall–Kier alpha value is -1.63. The Labute approximate surface area is 166 Å². The van der Waals surface area contributed by atoms with Crippen LogP contribution in [0.5, 0.6) is 0 Å². The van der Waals surface area contributed by atoms with Crippen molar-refractivity contribution < 1.29 is 14.3 Å². The zero-order valence-electron chi connectivity index (χ0n) is 15.8. The summed E-state index contributed by atoms with van der Waals surface area (Å²) in [4.78, 5) is 27.2. The number of amides is 2. The van der Waals surface area contributed by atoms with Crippen LogP contribution in [-0.4, -0.2) is 56.1 Å². The molecule has 2 saturated heterocycles. The maximum absolute atomic E-state index is 12.7. The van der Waals surface area contributed by atoms with Gasteiger partial charge >= 0.3 is 0 Å². The molecule has 1 aliphatic carbocycles. The van der Waals surface area contributed by atoms with Crippen LogP contribution in [0.2, 0.25) is 0 Å². The Kier molecular flexibility index (Phi) is 6.08. The van der Waals surface area contributed by atoms with Gasteiger partial charge in [0.05, 0.1) is 13.2 Å². The van der Waals surface area contributed by atoms with Gasteiger partial charge in [-0.1, -0.05) is 6.07 Å². The molecule has 2 N–H and O–H groups in total. The number of morpholine rings is 1. The molecule has 1 atom stereocenters. The van der Waals surface area contributed by atoms with Gasteiger partial charge in [0.25, 0.3) is 5.91 Å².